The van der Waals surface area contributed by atoms with E-state index in [1.807, 2.05) is 11.0 Å². The maximum atomic E-state index is 12.1. The maximum absolute atomic E-state index is 12.1. The summed E-state index contributed by atoms with van der Waals surface area (Å²) < 4.78 is 11.2. The first kappa shape index (κ1) is 17.2. The number of anilines is 1. The summed E-state index contributed by atoms with van der Waals surface area (Å²) in [4.78, 5) is 16.4. The largest absolute Gasteiger partial charge is 0.384 e. The third-order valence-electron chi connectivity index (χ3n) is 5.45. The number of hydrogen-bond donors (Lipinski definition) is 0. The fourth-order valence-corrected chi connectivity index (χ4v) is 3.80. The van der Waals surface area contributed by atoms with Gasteiger partial charge in [0.1, 0.15) is 0 Å². The van der Waals surface area contributed by atoms with Crippen LogP contribution in [-0.2, 0) is 14.3 Å². The van der Waals surface area contributed by atoms with Gasteiger partial charge in [0.25, 0.3) is 0 Å². The molecule has 0 unspecified atom stereocenters. The molecular formula is C19H28N2O3. The SMILES string of the molecule is COCCC(=O)N1CCC2(CC1)C[C@@H](N(C)c1ccccc1)CO2. The van der Waals surface area contributed by atoms with E-state index in [9.17, 15) is 4.79 Å². The number of carbonyl (C=O) groups excluding carboxylic acids is 1. The van der Waals surface area contributed by atoms with E-state index in [4.69, 9.17) is 9.47 Å². The third kappa shape index (κ3) is 3.73. The number of likely N-dealkylation sites (tertiary alicyclic amines) is 1. The van der Waals surface area contributed by atoms with Crippen LogP contribution in [0.1, 0.15) is 25.7 Å². The molecule has 2 saturated heterocycles. The lowest BCUT2D eigenvalue weighted by molar-refractivity contribution is -0.136. The van der Waals surface area contributed by atoms with E-state index in [-0.39, 0.29) is 11.5 Å². The molecule has 0 bridgehead atoms. The molecule has 0 saturated carbocycles. The number of nitrogens with zero attached hydrogens (tertiary/aromatic N) is 2. The van der Waals surface area contributed by atoms with Crippen LogP contribution < -0.4 is 4.90 Å². The van der Waals surface area contributed by atoms with Crippen LogP contribution >= 0.6 is 0 Å². The van der Waals surface area contributed by atoms with Crippen LogP contribution in [0.25, 0.3) is 0 Å². The zero-order valence-electron chi connectivity index (χ0n) is 14.7. The molecule has 1 aromatic rings. The Morgan fingerprint density at radius 1 is 1.33 bits per heavy atom. The van der Waals surface area contributed by atoms with E-state index in [1.54, 1.807) is 7.11 Å². The Bertz CT molecular complexity index is 541. The molecule has 2 aliphatic heterocycles. The predicted molar refractivity (Wildman–Crippen MR) is 94.2 cm³/mol. The number of rotatable bonds is 5. The third-order valence-corrected chi connectivity index (χ3v) is 5.45. The molecule has 1 aromatic carbocycles. The van der Waals surface area contributed by atoms with Gasteiger partial charge in [0.2, 0.25) is 5.91 Å². The van der Waals surface area contributed by atoms with E-state index < -0.39 is 0 Å². The molecule has 1 atom stereocenters. The van der Waals surface area contributed by atoms with E-state index in [0.29, 0.717) is 19.1 Å². The number of para-hydroxylation sites is 1. The van der Waals surface area contributed by atoms with Crippen LogP contribution in [0.5, 0.6) is 0 Å². The van der Waals surface area contributed by atoms with Crippen molar-refractivity contribution in [3.05, 3.63) is 30.3 Å². The van der Waals surface area contributed by atoms with E-state index in [0.717, 1.165) is 39.0 Å². The van der Waals surface area contributed by atoms with Gasteiger partial charge >= 0.3 is 0 Å². The van der Waals surface area contributed by atoms with Crippen molar-refractivity contribution >= 4 is 11.6 Å². The molecule has 0 N–H and O–H groups in total. The van der Waals surface area contributed by atoms with Gasteiger partial charge in [0.15, 0.2) is 0 Å². The van der Waals surface area contributed by atoms with Gasteiger partial charge in [-0.15, -0.1) is 0 Å². The lowest BCUT2D eigenvalue weighted by atomic mass is 9.87. The van der Waals surface area contributed by atoms with E-state index in [1.165, 1.54) is 5.69 Å². The highest BCUT2D eigenvalue weighted by Crippen LogP contribution is 2.38. The van der Waals surface area contributed by atoms with Gasteiger partial charge in [0.05, 0.1) is 31.3 Å². The highest BCUT2D eigenvalue weighted by atomic mass is 16.5. The summed E-state index contributed by atoms with van der Waals surface area (Å²) in [6.45, 7) is 2.86. The smallest absolute Gasteiger partial charge is 0.224 e. The van der Waals surface area contributed by atoms with Gasteiger partial charge in [-0.25, -0.2) is 0 Å². The Balaban J connectivity index is 1.53. The van der Waals surface area contributed by atoms with Gasteiger partial charge in [-0.2, -0.15) is 0 Å². The molecule has 132 valence electrons. The molecule has 3 rings (SSSR count). The average Bonchev–Trinajstić information content (AvgIpc) is 3.04. The summed E-state index contributed by atoms with van der Waals surface area (Å²) in [6, 6.07) is 10.9. The summed E-state index contributed by atoms with van der Waals surface area (Å²) >= 11 is 0. The van der Waals surface area contributed by atoms with Crippen molar-refractivity contribution in [1.29, 1.82) is 0 Å². The number of piperidine rings is 1. The van der Waals surface area contributed by atoms with E-state index in [2.05, 4.69) is 36.2 Å². The molecular weight excluding hydrogens is 304 g/mol. The fraction of sp³-hybridized carbons (Fsp3) is 0.632. The Kier molecular flexibility index (Phi) is 5.41. The van der Waals surface area contributed by atoms with Gasteiger partial charge < -0.3 is 19.3 Å². The minimum Gasteiger partial charge on any atom is -0.384 e. The van der Waals surface area contributed by atoms with Crippen molar-refractivity contribution in [3.8, 4) is 0 Å². The Morgan fingerprint density at radius 2 is 2.04 bits per heavy atom. The molecule has 0 aromatic heterocycles. The van der Waals surface area contributed by atoms with Gasteiger partial charge in [0, 0.05) is 32.9 Å². The van der Waals surface area contributed by atoms with Crippen molar-refractivity contribution < 1.29 is 14.3 Å². The summed E-state index contributed by atoms with van der Waals surface area (Å²) in [7, 11) is 3.78. The molecule has 2 aliphatic rings. The molecule has 2 heterocycles. The molecule has 0 aliphatic carbocycles. The summed E-state index contributed by atoms with van der Waals surface area (Å²) in [5.41, 5.74) is 1.18. The van der Waals surface area contributed by atoms with Crippen LogP contribution in [0.2, 0.25) is 0 Å². The Labute approximate surface area is 144 Å². The number of amides is 1. The first-order valence-corrected chi connectivity index (χ1v) is 8.82. The maximum Gasteiger partial charge on any atom is 0.224 e. The normalized spacial score (nSPS) is 22.8. The summed E-state index contributed by atoms with van der Waals surface area (Å²) in [5.74, 6) is 0.197. The molecule has 1 amide bonds. The molecule has 1 spiro atoms. The molecule has 5 heteroatoms. The second-order valence-corrected chi connectivity index (χ2v) is 6.92. The second-order valence-electron chi connectivity index (χ2n) is 6.92. The van der Waals surface area contributed by atoms with Crippen molar-refractivity contribution in [2.75, 3.05) is 45.4 Å². The zero-order chi connectivity index (χ0) is 17.0. The van der Waals surface area contributed by atoms with Crippen molar-refractivity contribution in [3.63, 3.8) is 0 Å². The standard InChI is InChI=1S/C19H28N2O3/c1-20(16-6-4-3-5-7-16)17-14-19(24-15-17)9-11-21(12-10-19)18(22)8-13-23-2/h3-7,17H,8-15H2,1-2H3/t17-/m1/s1. The first-order chi connectivity index (χ1) is 11.6. The number of methoxy groups -OCH3 is 1. The van der Waals surface area contributed by atoms with E-state index >= 15 is 0 Å². The summed E-state index contributed by atoms with van der Waals surface area (Å²) in [5, 5.41) is 0. The van der Waals surface area contributed by atoms with Crippen LogP contribution in [0.4, 0.5) is 5.69 Å². The van der Waals surface area contributed by atoms with Crippen LogP contribution in [-0.4, -0.2) is 62.9 Å². The van der Waals surface area contributed by atoms with Gasteiger partial charge in [-0.05, 0) is 31.4 Å². The monoisotopic (exact) mass is 332 g/mol. The number of likely N-dealkylation sites (N-methyl/N-ethyl adjacent to an activating group) is 1. The fourth-order valence-electron chi connectivity index (χ4n) is 3.80. The van der Waals surface area contributed by atoms with Crippen molar-refractivity contribution in [1.82, 2.24) is 4.90 Å². The second kappa shape index (κ2) is 7.53. The highest BCUT2D eigenvalue weighted by Gasteiger charge is 2.44. The lowest BCUT2D eigenvalue weighted by Gasteiger charge is -2.39. The molecule has 24 heavy (non-hydrogen) atoms. The van der Waals surface area contributed by atoms with Crippen LogP contribution in [0.15, 0.2) is 30.3 Å². The lowest BCUT2D eigenvalue weighted by Crippen LogP contribution is -2.47. The topological polar surface area (TPSA) is 42.0 Å². The molecule has 0 radical (unpaired) electrons. The Hall–Kier alpha value is -1.59. The van der Waals surface area contributed by atoms with Crippen molar-refractivity contribution in [2.45, 2.75) is 37.3 Å². The molecule has 5 nitrogen and oxygen atoms in total. The van der Waals surface area contributed by atoms with Crippen LogP contribution in [0, 0.1) is 0 Å². The number of hydrogen-bond acceptors (Lipinski definition) is 4. The molecule has 2 fully saturated rings. The highest BCUT2D eigenvalue weighted by molar-refractivity contribution is 5.76. The predicted octanol–water partition coefficient (Wildman–Crippen LogP) is 2.31. The van der Waals surface area contributed by atoms with Gasteiger partial charge in [-0.3, -0.25) is 4.79 Å². The van der Waals surface area contributed by atoms with Crippen molar-refractivity contribution in [2.24, 2.45) is 0 Å². The summed E-state index contributed by atoms with van der Waals surface area (Å²) in [6.07, 6.45) is 3.39. The minimum atomic E-state index is -0.0499. The quantitative estimate of drug-likeness (QED) is 0.830. The number of benzene rings is 1. The first-order valence-electron chi connectivity index (χ1n) is 8.82. The number of ether oxygens (including phenoxy) is 2. The zero-order valence-corrected chi connectivity index (χ0v) is 14.7. The Morgan fingerprint density at radius 3 is 2.71 bits per heavy atom. The van der Waals surface area contributed by atoms with Gasteiger partial charge in [-0.1, -0.05) is 18.2 Å². The minimum absolute atomic E-state index is 0.0499. The average molecular weight is 332 g/mol. The number of carbonyl (C=O) groups is 1. The van der Waals surface area contributed by atoms with Crippen LogP contribution in [0.3, 0.4) is 0 Å².